The summed E-state index contributed by atoms with van der Waals surface area (Å²) in [4.78, 5) is 25.7. The lowest BCUT2D eigenvalue weighted by Gasteiger charge is -2.13. The number of halogens is 1. The molecule has 0 aliphatic rings. The van der Waals surface area contributed by atoms with Gasteiger partial charge in [0.05, 0.1) is 12.2 Å². The van der Waals surface area contributed by atoms with Gasteiger partial charge in [-0.25, -0.2) is 0 Å². The monoisotopic (exact) mass is 452 g/mol. The molecule has 0 atom stereocenters. The minimum absolute atomic E-state index is 0.0498. The van der Waals surface area contributed by atoms with Crippen molar-refractivity contribution < 1.29 is 9.59 Å². The van der Waals surface area contributed by atoms with Crippen molar-refractivity contribution in [2.45, 2.75) is 31.6 Å². The van der Waals surface area contributed by atoms with Crippen LogP contribution >= 0.6 is 23.4 Å². The zero-order valence-corrected chi connectivity index (χ0v) is 19.1. The number of carbonyl (C=O) groups is 2. The topological polar surface area (TPSA) is 58.2 Å². The van der Waals surface area contributed by atoms with E-state index < -0.39 is 0 Å². The van der Waals surface area contributed by atoms with Crippen molar-refractivity contribution in [3.63, 3.8) is 0 Å². The predicted molar refractivity (Wildman–Crippen MR) is 130 cm³/mol. The normalized spacial score (nSPS) is 10.5. The zero-order valence-electron chi connectivity index (χ0n) is 17.6. The molecule has 0 radical (unpaired) electrons. The Hall–Kier alpha value is -2.76. The molecule has 4 nitrogen and oxygen atoms in total. The van der Waals surface area contributed by atoms with Gasteiger partial charge in [0.1, 0.15) is 0 Å². The Labute approximate surface area is 192 Å². The molecule has 0 spiro atoms. The molecule has 2 N–H and O–H groups in total. The van der Waals surface area contributed by atoms with Crippen LogP contribution in [0.25, 0.3) is 0 Å². The van der Waals surface area contributed by atoms with Gasteiger partial charge in [-0.05, 0) is 60.4 Å². The van der Waals surface area contributed by atoms with Gasteiger partial charge in [0.15, 0.2) is 0 Å². The fourth-order valence-corrected chi connectivity index (χ4v) is 4.06. The number of anilines is 2. The van der Waals surface area contributed by atoms with Gasteiger partial charge in [0.2, 0.25) is 11.8 Å². The summed E-state index contributed by atoms with van der Waals surface area (Å²) in [6.07, 6.45) is 1.13. The second-order valence-electron chi connectivity index (χ2n) is 7.18. The van der Waals surface area contributed by atoms with Crippen LogP contribution in [0.15, 0.2) is 71.6 Å². The first-order valence-corrected chi connectivity index (χ1v) is 11.5. The van der Waals surface area contributed by atoms with Crippen molar-refractivity contribution >= 4 is 46.6 Å². The van der Waals surface area contributed by atoms with Crippen molar-refractivity contribution in [2.75, 3.05) is 16.4 Å². The summed E-state index contributed by atoms with van der Waals surface area (Å²) in [6, 6.07) is 20.8. The van der Waals surface area contributed by atoms with E-state index in [4.69, 9.17) is 11.6 Å². The summed E-state index contributed by atoms with van der Waals surface area (Å²) in [5, 5.41) is 6.59. The number of nitrogens with one attached hydrogen (secondary N) is 2. The second-order valence-corrected chi connectivity index (χ2v) is 8.66. The average molecular weight is 453 g/mol. The fraction of sp³-hybridized carbons (Fsp3) is 0.200. The van der Waals surface area contributed by atoms with Gasteiger partial charge in [-0.2, -0.15) is 0 Å². The molecule has 0 saturated carbocycles. The first-order chi connectivity index (χ1) is 14.9. The maximum absolute atomic E-state index is 12.5. The number of hydrogen-bond acceptors (Lipinski definition) is 3. The summed E-state index contributed by atoms with van der Waals surface area (Å²) in [6.45, 7) is 4.07. The van der Waals surface area contributed by atoms with Crippen molar-refractivity contribution in [1.29, 1.82) is 0 Å². The molecule has 160 valence electrons. The van der Waals surface area contributed by atoms with Gasteiger partial charge in [0.25, 0.3) is 0 Å². The van der Waals surface area contributed by atoms with Crippen molar-refractivity contribution in [2.24, 2.45) is 0 Å². The highest BCUT2D eigenvalue weighted by atomic mass is 35.5. The van der Waals surface area contributed by atoms with Gasteiger partial charge >= 0.3 is 0 Å². The molecule has 3 rings (SSSR count). The maximum atomic E-state index is 12.5. The lowest BCUT2D eigenvalue weighted by atomic mass is 10.1. The Morgan fingerprint density at radius 1 is 0.935 bits per heavy atom. The third-order valence-electron chi connectivity index (χ3n) is 4.77. The molecular formula is C25H25ClN2O2S. The highest BCUT2D eigenvalue weighted by Gasteiger charge is 2.10. The smallest absolute Gasteiger partial charge is 0.234 e. The third kappa shape index (κ3) is 6.88. The number of amides is 2. The van der Waals surface area contributed by atoms with E-state index in [-0.39, 0.29) is 18.2 Å². The van der Waals surface area contributed by atoms with Gasteiger partial charge in [0, 0.05) is 21.3 Å². The molecule has 0 aliphatic heterocycles. The largest absolute Gasteiger partial charge is 0.326 e. The molecule has 3 aromatic carbocycles. The summed E-state index contributed by atoms with van der Waals surface area (Å²) in [7, 11) is 0. The van der Waals surface area contributed by atoms with Crippen LogP contribution in [0.5, 0.6) is 0 Å². The van der Waals surface area contributed by atoms with E-state index in [0.29, 0.717) is 16.5 Å². The quantitative estimate of drug-likeness (QED) is 0.404. The van der Waals surface area contributed by atoms with E-state index in [2.05, 4.69) is 17.6 Å². The van der Waals surface area contributed by atoms with Crippen LogP contribution < -0.4 is 10.6 Å². The third-order valence-corrected chi connectivity index (χ3v) is 6.02. The Bertz CT molecular complexity index is 1070. The molecule has 0 aliphatic carbocycles. The molecule has 2 amide bonds. The van der Waals surface area contributed by atoms with Crippen LogP contribution in [0.4, 0.5) is 11.4 Å². The van der Waals surface area contributed by atoms with Gasteiger partial charge in [-0.3, -0.25) is 9.59 Å². The van der Waals surface area contributed by atoms with Crippen LogP contribution in [0.3, 0.4) is 0 Å². The van der Waals surface area contributed by atoms with Gasteiger partial charge < -0.3 is 10.6 Å². The Balaban J connectivity index is 1.55. The number of thioether (sulfide) groups is 1. The number of aryl methyl sites for hydroxylation is 2. The highest BCUT2D eigenvalue weighted by Crippen LogP contribution is 2.24. The second kappa shape index (κ2) is 11.0. The average Bonchev–Trinajstić information content (AvgIpc) is 2.75. The van der Waals surface area contributed by atoms with E-state index in [1.54, 1.807) is 12.1 Å². The first kappa shape index (κ1) is 22.9. The van der Waals surface area contributed by atoms with E-state index in [1.807, 2.05) is 61.5 Å². The number of hydrogen-bond donors (Lipinski definition) is 2. The molecule has 0 aromatic heterocycles. The van der Waals surface area contributed by atoms with Crippen molar-refractivity contribution in [1.82, 2.24) is 0 Å². The minimum atomic E-state index is -0.103. The molecule has 0 unspecified atom stereocenters. The molecule has 31 heavy (non-hydrogen) atoms. The Kier molecular flexibility index (Phi) is 8.15. The molecule has 3 aromatic rings. The maximum Gasteiger partial charge on any atom is 0.234 e. The summed E-state index contributed by atoms with van der Waals surface area (Å²) in [5.41, 5.74) is 4.69. The highest BCUT2D eigenvalue weighted by molar-refractivity contribution is 8.00. The van der Waals surface area contributed by atoms with E-state index in [1.165, 1.54) is 11.8 Å². The van der Waals surface area contributed by atoms with Crippen LogP contribution in [-0.4, -0.2) is 17.6 Å². The Morgan fingerprint density at radius 2 is 1.68 bits per heavy atom. The van der Waals surface area contributed by atoms with Gasteiger partial charge in [-0.1, -0.05) is 54.9 Å². The standard InChI is InChI=1S/C25H25ClN2O2S/c1-3-19-7-4-6-17(2)25(19)28-24(30)16-31-22-9-5-8-21(15-22)27-23(29)14-18-10-12-20(26)13-11-18/h4-13,15H,3,14,16H2,1-2H3,(H,27,29)(H,28,30). The number of benzene rings is 3. The lowest BCUT2D eigenvalue weighted by Crippen LogP contribution is -2.16. The first-order valence-electron chi connectivity index (χ1n) is 10.1. The molecular weight excluding hydrogens is 428 g/mol. The molecule has 0 fully saturated rings. The van der Waals surface area contributed by atoms with Crippen molar-refractivity contribution in [3.05, 3.63) is 88.4 Å². The van der Waals surface area contributed by atoms with E-state index in [0.717, 1.165) is 33.7 Å². The van der Waals surface area contributed by atoms with Crippen molar-refractivity contribution in [3.8, 4) is 0 Å². The summed E-state index contributed by atoms with van der Waals surface area (Å²) < 4.78 is 0. The molecule has 0 bridgehead atoms. The number of para-hydroxylation sites is 1. The minimum Gasteiger partial charge on any atom is -0.326 e. The fourth-order valence-electron chi connectivity index (χ4n) is 3.18. The van der Waals surface area contributed by atoms with Crippen LogP contribution in [0.2, 0.25) is 5.02 Å². The lowest BCUT2D eigenvalue weighted by molar-refractivity contribution is -0.115. The summed E-state index contributed by atoms with van der Waals surface area (Å²) >= 11 is 7.32. The van der Waals surface area contributed by atoms with Crippen LogP contribution in [0, 0.1) is 6.92 Å². The van der Waals surface area contributed by atoms with E-state index in [9.17, 15) is 9.59 Å². The van der Waals surface area contributed by atoms with Gasteiger partial charge in [-0.15, -0.1) is 11.8 Å². The number of carbonyl (C=O) groups excluding carboxylic acids is 2. The SMILES string of the molecule is CCc1cccc(C)c1NC(=O)CSc1cccc(NC(=O)Cc2ccc(Cl)cc2)c1. The molecule has 6 heteroatoms. The Morgan fingerprint density at radius 3 is 2.42 bits per heavy atom. The molecule has 0 saturated heterocycles. The number of rotatable bonds is 8. The van der Waals surface area contributed by atoms with Crippen LogP contribution in [-0.2, 0) is 22.4 Å². The molecule has 0 heterocycles. The van der Waals surface area contributed by atoms with E-state index >= 15 is 0 Å². The predicted octanol–water partition coefficient (Wildman–Crippen LogP) is 6.12. The van der Waals surface area contributed by atoms with Crippen LogP contribution in [0.1, 0.15) is 23.6 Å². The zero-order chi connectivity index (χ0) is 22.2. The summed E-state index contributed by atoms with van der Waals surface area (Å²) in [5.74, 6) is 0.139.